The smallest absolute Gasteiger partial charge is 0.254 e. The van der Waals surface area contributed by atoms with Gasteiger partial charge in [0, 0.05) is 11.3 Å². The van der Waals surface area contributed by atoms with E-state index in [0.717, 1.165) is 17.0 Å². The maximum Gasteiger partial charge on any atom is 0.254 e. The van der Waals surface area contributed by atoms with E-state index >= 15 is 0 Å². The fourth-order valence-corrected chi connectivity index (χ4v) is 1.73. The number of rotatable bonds is 5. The molecule has 4 heteroatoms. The Morgan fingerprint density at radius 3 is 2.18 bits per heavy atom. The first-order chi connectivity index (χ1) is 10.6. The molecule has 0 fully saturated rings. The van der Waals surface area contributed by atoms with Gasteiger partial charge in [-0.2, -0.15) is 0 Å². The van der Waals surface area contributed by atoms with Crippen LogP contribution in [-0.2, 0) is 4.79 Å². The average Bonchev–Trinajstić information content (AvgIpc) is 2.55. The van der Waals surface area contributed by atoms with Crippen molar-refractivity contribution in [2.24, 2.45) is 0 Å². The Balaban J connectivity index is 1.95. The molecule has 0 radical (unpaired) electrons. The summed E-state index contributed by atoms with van der Waals surface area (Å²) in [6, 6.07) is 14.8. The predicted octanol–water partition coefficient (Wildman–Crippen LogP) is 3.92. The minimum Gasteiger partial charge on any atom is -0.497 e. The summed E-state index contributed by atoms with van der Waals surface area (Å²) in [5.74, 6) is 1.20. The van der Waals surface area contributed by atoms with Crippen LogP contribution in [0.3, 0.4) is 0 Å². The minimum atomic E-state index is -0.197. The summed E-state index contributed by atoms with van der Waals surface area (Å²) >= 11 is 0. The number of hydrogen-bond donors (Lipinski definition) is 1. The predicted molar refractivity (Wildman–Crippen MR) is 87.2 cm³/mol. The van der Waals surface area contributed by atoms with Gasteiger partial charge in [-0.3, -0.25) is 4.79 Å². The van der Waals surface area contributed by atoms with E-state index in [1.807, 2.05) is 31.2 Å². The summed E-state index contributed by atoms with van der Waals surface area (Å²) in [6.45, 7) is 3.70. The van der Waals surface area contributed by atoms with E-state index in [1.165, 1.54) is 6.26 Å². The van der Waals surface area contributed by atoms with Gasteiger partial charge >= 0.3 is 0 Å². The Bertz CT molecular complexity index is 658. The summed E-state index contributed by atoms with van der Waals surface area (Å²) < 4.78 is 10.5. The van der Waals surface area contributed by atoms with Crippen LogP contribution in [0.2, 0.25) is 0 Å². The molecule has 114 valence electrons. The highest BCUT2D eigenvalue weighted by Crippen LogP contribution is 2.17. The molecule has 0 unspecified atom stereocenters. The SMILES string of the molecule is COc1ccc(O/C=C(\C)C(=O)Nc2ccc(C)cc2)cc1. The van der Waals surface area contributed by atoms with Crippen molar-refractivity contribution in [3.05, 3.63) is 65.9 Å². The molecule has 0 aliphatic heterocycles. The largest absolute Gasteiger partial charge is 0.497 e. The molecule has 0 saturated heterocycles. The van der Waals surface area contributed by atoms with Crippen molar-refractivity contribution >= 4 is 11.6 Å². The van der Waals surface area contributed by atoms with Gasteiger partial charge in [0.1, 0.15) is 11.5 Å². The van der Waals surface area contributed by atoms with Crippen LogP contribution in [0.4, 0.5) is 5.69 Å². The van der Waals surface area contributed by atoms with Crippen molar-refractivity contribution in [2.75, 3.05) is 12.4 Å². The Morgan fingerprint density at radius 1 is 1.00 bits per heavy atom. The van der Waals surface area contributed by atoms with Crippen molar-refractivity contribution in [3.63, 3.8) is 0 Å². The third kappa shape index (κ3) is 4.38. The number of anilines is 1. The molecule has 0 atom stereocenters. The highest BCUT2D eigenvalue weighted by atomic mass is 16.5. The second kappa shape index (κ2) is 7.31. The summed E-state index contributed by atoms with van der Waals surface area (Å²) in [6.07, 6.45) is 1.44. The number of amides is 1. The number of aryl methyl sites for hydroxylation is 1. The number of nitrogens with one attached hydrogen (secondary N) is 1. The standard InChI is InChI=1S/C18H19NO3/c1-13-4-6-15(7-5-13)19-18(20)14(2)12-22-17-10-8-16(21-3)9-11-17/h4-12H,1-3H3,(H,19,20)/b14-12+. The number of hydrogen-bond acceptors (Lipinski definition) is 3. The van der Waals surface area contributed by atoms with Gasteiger partial charge in [0.2, 0.25) is 0 Å². The second-order valence-corrected chi connectivity index (χ2v) is 4.91. The summed E-state index contributed by atoms with van der Waals surface area (Å²) in [5, 5.41) is 2.82. The lowest BCUT2D eigenvalue weighted by molar-refractivity contribution is -0.112. The van der Waals surface area contributed by atoms with E-state index < -0.39 is 0 Å². The fraction of sp³-hybridized carbons (Fsp3) is 0.167. The molecule has 0 aliphatic carbocycles. The molecular formula is C18H19NO3. The first-order valence-electron chi connectivity index (χ1n) is 6.94. The van der Waals surface area contributed by atoms with E-state index in [9.17, 15) is 4.79 Å². The van der Waals surface area contributed by atoms with E-state index in [4.69, 9.17) is 9.47 Å². The quantitative estimate of drug-likeness (QED) is 0.672. The minimum absolute atomic E-state index is 0.197. The van der Waals surface area contributed by atoms with Crippen molar-refractivity contribution in [1.82, 2.24) is 0 Å². The number of benzene rings is 2. The number of ether oxygens (including phenoxy) is 2. The molecule has 22 heavy (non-hydrogen) atoms. The van der Waals surface area contributed by atoms with Gasteiger partial charge in [-0.25, -0.2) is 0 Å². The molecule has 0 saturated carbocycles. The van der Waals surface area contributed by atoms with Crippen molar-refractivity contribution in [3.8, 4) is 11.5 Å². The van der Waals surface area contributed by atoms with Gasteiger partial charge < -0.3 is 14.8 Å². The van der Waals surface area contributed by atoms with E-state index in [1.54, 1.807) is 38.3 Å². The number of methoxy groups -OCH3 is 1. The van der Waals surface area contributed by atoms with Gasteiger partial charge in [0.05, 0.1) is 13.4 Å². The molecule has 0 bridgehead atoms. The number of carbonyl (C=O) groups excluding carboxylic acids is 1. The molecule has 4 nitrogen and oxygen atoms in total. The zero-order valence-corrected chi connectivity index (χ0v) is 12.9. The van der Waals surface area contributed by atoms with Crippen LogP contribution < -0.4 is 14.8 Å². The van der Waals surface area contributed by atoms with Gasteiger partial charge in [0.15, 0.2) is 0 Å². The topological polar surface area (TPSA) is 47.6 Å². The number of carbonyl (C=O) groups is 1. The van der Waals surface area contributed by atoms with E-state index in [0.29, 0.717) is 11.3 Å². The van der Waals surface area contributed by atoms with Crippen LogP contribution in [0, 0.1) is 6.92 Å². The molecule has 0 aromatic heterocycles. The molecule has 2 aromatic carbocycles. The molecule has 1 N–H and O–H groups in total. The van der Waals surface area contributed by atoms with Crippen molar-refractivity contribution in [2.45, 2.75) is 13.8 Å². The summed E-state index contributed by atoms with van der Waals surface area (Å²) in [4.78, 5) is 12.0. The highest BCUT2D eigenvalue weighted by Gasteiger charge is 2.05. The van der Waals surface area contributed by atoms with Crippen LogP contribution in [0.15, 0.2) is 60.4 Å². The van der Waals surface area contributed by atoms with E-state index in [2.05, 4.69) is 5.32 Å². The molecule has 2 rings (SSSR count). The Hall–Kier alpha value is -2.75. The van der Waals surface area contributed by atoms with Crippen molar-refractivity contribution < 1.29 is 14.3 Å². The first-order valence-corrected chi connectivity index (χ1v) is 6.94. The lowest BCUT2D eigenvalue weighted by Gasteiger charge is -2.07. The normalized spacial score (nSPS) is 11.0. The fourth-order valence-electron chi connectivity index (χ4n) is 1.73. The summed E-state index contributed by atoms with van der Waals surface area (Å²) in [5.41, 5.74) is 2.39. The van der Waals surface area contributed by atoms with Crippen LogP contribution in [-0.4, -0.2) is 13.0 Å². The molecule has 0 aliphatic rings. The van der Waals surface area contributed by atoms with Crippen molar-refractivity contribution in [1.29, 1.82) is 0 Å². The maximum absolute atomic E-state index is 12.0. The maximum atomic E-state index is 12.0. The first kappa shape index (κ1) is 15.6. The zero-order chi connectivity index (χ0) is 15.9. The van der Waals surface area contributed by atoms with Crippen LogP contribution >= 0.6 is 0 Å². The van der Waals surface area contributed by atoms with Gasteiger partial charge in [-0.15, -0.1) is 0 Å². The molecule has 0 spiro atoms. The Kier molecular flexibility index (Phi) is 5.20. The summed E-state index contributed by atoms with van der Waals surface area (Å²) in [7, 11) is 1.61. The molecule has 2 aromatic rings. The lowest BCUT2D eigenvalue weighted by atomic mass is 10.2. The van der Waals surface area contributed by atoms with Gasteiger partial charge in [-0.05, 0) is 50.2 Å². The van der Waals surface area contributed by atoms with Crippen LogP contribution in [0.1, 0.15) is 12.5 Å². The molecule has 1 amide bonds. The van der Waals surface area contributed by atoms with Crippen LogP contribution in [0.5, 0.6) is 11.5 Å². The van der Waals surface area contributed by atoms with Crippen LogP contribution in [0.25, 0.3) is 0 Å². The molecular weight excluding hydrogens is 278 g/mol. The van der Waals surface area contributed by atoms with Gasteiger partial charge in [-0.1, -0.05) is 17.7 Å². The Labute approximate surface area is 130 Å². The lowest BCUT2D eigenvalue weighted by Crippen LogP contribution is -2.13. The van der Waals surface area contributed by atoms with E-state index in [-0.39, 0.29) is 5.91 Å². The Morgan fingerprint density at radius 2 is 1.59 bits per heavy atom. The second-order valence-electron chi connectivity index (χ2n) is 4.91. The molecule has 0 heterocycles. The third-order valence-electron chi connectivity index (χ3n) is 3.10. The third-order valence-corrected chi connectivity index (χ3v) is 3.10. The van der Waals surface area contributed by atoms with Gasteiger partial charge in [0.25, 0.3) is 5.91 Å². The highest BCUT2D eigenvalue weighted by molar-refractivity contribution is 6.03. The average molecular weight is 297 g/mol. The monoisotopic (exact) mass is 297 g/mol. The zero-order valence-electron chi connectivity index (χ0n) is 12.9.